The van der Waals surface area contributed by atoms with E-state index in [1.54, 1.807) is 11.8 Å². The van der Waals surface area contributed by atoms with Gasteiger partial charge >= 0.3 is 0 Å². The Morgan fingerprint density at radius 2 is 1.74 bits per heavy atom. The topological polar surface area (TPSA) is 59.4 Å². The molecule has 0 aliphatic carbocycles. The summed E-state index contributed by atoms with van der Waals surface area (Å²) in [6.45, 7) is 8.23. The monoisotopic (exact) mass is 420 g/mol. The molecule has 31 heavy (non-hydrogen) atoms. The average Bonchev–Trinajstić information content (AvgIpc) is 3.23. The van der Waals surface area contributed by atoms with Gasteiger partial charge in [0.25, 0.3) is 0 Å². The standard InChI is InChI=1S/C25H32N4O2/c1-4-28(5-2)17-9-16-26-24(30)19-29-25(21-10-7-6-8-11-21)23(18-27-29)20-12-14-22(31-3)15-13-20/h6-8,10-15,18H,4-5,9,16-17,19H2,1-3H3,(H,26,30). The highest BCUT2D eigenvalue weighted by Crippen LogP contribution is 2.32. The van der Waals surface area contributed by atoms with Crippen molar-refractivity contribution in [2.24, 2.45) is 0 Å². The van der Waals surface area contributed by atoms with Crippen LogP contribution in [0.1, 0.15) is 20.3 Å². The van der Waals surface area contributed by atoms with E-state index in [0.29, 0.717) is 6.54 Å². The maximum Gasteiger partial charge on any atom is 0.241 e. The summed E-state index contributed by atoms with van der Waals surface area (Å²) in [5.74, 6) is 0.780. The summed E-state index contributed by atoms with van der Waals surface area (Å²) in [4.78, 5) is 15.0. The van der Waals surface area contributed by atoms with Crippen LogP contribution in [-0.2, 0) is 11.3 Å². The van der Waals surface area contributed by atoms with Crippen molar-refractivity contribution in [3.05, 3.63) is 60.8 Å². The number of rotatable bonds is 11. The molecule has 0 saturated carbocycles. The zero-order chi connectivity index (χ0) is 22.1. The van der Waals surface area contributed by atoms with Crippen LogP contribution in [0.5, 0.6) is 5.75 Å². The molecule has 6 nitrogen and oxygen atoms in total. The van der Waals surface area contributed by atoms with E-state index in [1.807, 2.05) is 60.8 Å². The molecule has 2 aromatic carbocycles. The summed E-state index contributed by atoms with van der Waals surface area (Å²) >= 11 is 0. The largest absolute Gasteiger partial charge is 0.497 e. The number of carbonyl (C=O) groups is 1. The van der Waals surface area contributed by atoms with E-state index in [9.17, 15) is 4.79 Å². The number of ether oxygens (including phenoxy) is 1. The van der Waals surface area contributed by atoms with E-state index in [2.05, 4.69) is 29.2 Å². The van der Waals surface area contributed by atoms with E-state index in [-0.39, 0.29) is 12.5 Å². The van der Waals surface area contributed by atoms with Crippen LogP contribution in [0.4, 0.5) is 0 Å². The first-order valence-electron chi connectivity index (χ1n) is 10.9. The van der Waals surface area contributed by atoms with Crippen molar-refractivity contribution in [2.45, 2.75) is 26.8 Å². The van der Waals surface area contributed by atoms with Gasteiger partial charge in [0.05, 0.1) is 19.0 Å². The predicted molar refractivity (Wildman–Crippen MR) is 125 cm³/mol. The number of carbonyl (C=O) groups excluding carboxylic acids is 1. The molecule has 3 rings (SSSR count). The Morgan fingerprint density at radius 3 is 2.39 bits per heavy atom. The van der Waals surface area contributed by atoms with Crippen molar-refractivity contribution in [1.29, 1.82) is 0 Å². The van der Waals surface area contributed by atoms with Gasteiger partial charge in [-0.1, -0.05) is 56.3 Å². The molecule has 1 amide bonds. The third kappa shape index (κ3) is 5.95. The van der Waals surface area contributed by atoms with Crippen LogP contribution in [0.2, 0.25) is 0 Å². The van der Waals surface area contributed by atoms with Gasteiger partial charge < -0.3 is 15.0 Å². The van der Waals surface area contributed by atoms with Crippen LogP contribution in [0.3, 0.4) is 0 Å². The quantitative estimate of drug-likeness (QED) is 0.475. The van der Waals surface area contributed by atoms with Crippen molar-refractivity contribution in [3.63, 3.8) is 0 Å². The maximum atomic E-state index is 12.6. The van der Waals surface area contributed by atoms with Gasteiger partial charge in [-0.25, -0.2) is 0 Å². The third-order valence-electron chi connectivity index (χ3n) is 5.45. The number of nitrogens with one attached hydrogen (secondary N) is 1. The zero-order valence-electron chi connectivity index (χ0n) is 18.7. The Labute approximate surface area is 184 Å². The van der Waals surface area contributed by atoms with Crippen molar-refractivity contribution >= 4 is 5.91 Å². The van der Waals surface area contributed by atoms with Crippen molar-refractivity contribution in [2.75, 3.05) is 33.3 Å². The van der Waals surface area contributed by atoms with Gasteiger partial charge in [0.15, 0.2) is 0 Å². The molecular formula is C25H32N4O2. The fourth-order valence-electron chi connectivity index (χ4n) is 3.65. The summed E-state index contributed by atoms with van der Waals surface area (Å²) in [7, 11) is 1.66. The van der Waals surface area contributed by atoms with Gasteiger partial charge in [0, 0.05) is 17.7 Å². The summed E-state index contributed by atoms with van der Waals surface area (Å²) in [6.07, 6.45) is 2.77. The Morgan fingerprint density at radius 1 is 1.03 bits per heavy atom. The normalized spacial score (nSPS) is 11.0. The first kappa shape index (κ1) is 22.6. The molecule has 0 atom stereocenters. The molecule has 164 valence electrons. The second kappa shape index (κ2) is 11.3. The lowest BCUT2D eigenvalue weighted by atomic mass is 10.0. The van der Waals surface area contributed by atoms with Gasteiger partial charge in [-0.05, 0) is 43.8 Å². The third-order valence-corrected chi connectivity index (χ3v) is 5.45. The van der Waals surface area contributed by atoms with Gasteiger partial charge in [0.2, 0.25) is 5.91 Å². The van der Waals surface area contributed by atoms with Crippen LogP contribution in [-0.4, -0.2) is 53.9 Å². The second-order valence-corrected chi connectivity index (χ2v) is 7.39. The molecule has 0 fully saturated rings. The Hall–Kier alpha value is -3.12. The lowest BCUT2D eigenvalue weighted by Crippen LogP contribution is -2.32. The number of amides is 1. The van der Waals surface area contributed by atoms with Crippen molar-refractivity contribution in [1.82, 2.24) is 20.0 Å². The van der Waals surface area contributed by atoms with Crippen LogP contribution in [0.25, 0.3) is 22.4 Å². The summed E-state index contributed by atoms with van der Waals surface area (Å²) in [5, 5.41) is 7.59. The van der Waals surface area contributed by atoms with E-state index in [0.717, 1.165) is 54.2 Å². The molecule has 0 unspecified atom stereocenters. The number of nitrogens with zero attached hydrogens (tertiary/aromatic N) is 3. The summed E-state index contributed by atoms with van der Waals surface area (Å²) in [6, 6.07) is 18.0. The van der Waals surface area contributed by atoms with Crippen molar-refractivity contribution < 1.29 is 9.53 Å². The van der Waals surface area contributed by atoms with Gasteiger partial charge in [-0.2, -0.15) is 5.10 Å². The van der Waals surface area contributed by atoms with Gasteiger partial charge in [-0.15, -0.1) is 0 Å². The molecule has 1 heterocycles. The number of aromatic nitrogens is 2. The Kier molecular flexibility index (Phi) is 8.24. The SMILES string of the molecule is CCN(CC)CCCNC(=O)Cn1ncc(-c2ccc(OC)cc2)c1-c1ccccc1. The van der Waals surface area contributed by atoms with E-state index < -0.39 is 0 Å². The average molecular weight is 421 g/mol. The van der Waals surface area contributed by atoms with E-state index in [4.69, 9.17) is 4.74 Å². The lowest BCUT2D eigenvalue weighted by molar-refractivity contribution is -0.121. The minimum absolute atomic E-state index is 0.0268. The van der Waals surface area contributed by atoms with Crippen LogP contribution in [0, 0.1) is 0 Å². The minimum atomic E-state index is -0.0268. The predicted octanol–water partition coefficient (Wildman–Crippen LogP) is 4.07. The summed E-state index contributed by atoms with van der Waals surface area (Å²) in [5.41, 5.74) is 3.98. The van der Waals surface area contributed by atoms with E-state index >= 15 is 0 Å². The number of hydrogen-bond acceptors (Lipinski definition) is 4. The minimum Gasteiger partial charge on any atom is -0.497 e. The molecular weight excluding hydrogens is 388 g/mol. The molecule has 0 radical (unpaired) electrons. The molecule has 3 aromatic rings. The second-order valence-electron chi connectivity index (χ2n) is 7.39. The Bertz CT molecular complexity index is 947. The molecule has 1 N–H and O–H groups in total. The smallest absolute Gasteiger partial charge is 0.241 e. The van der Waals surface area contributed by atoms with Crippen LogP contribution < -0.4 is 10.1 Å². The first-order chi connectivity index (χ1) is 15.2. The van der Waals surface area contributed by atoms with Gasteiger partial charge in [-0.3, -0.25) is 9.48 Å². The molecule has 0 bridgehead atoms. The molecule has 0 aliphatic heterocycles. The molecule has 1 aromatic heterocycles. The lowest BCUT2D eigenvalue weighted by Gasteiger charge is -2.17. The highest BCUT2D eigenvalue weighted by atomic mass is 16.5. The first-order valence-corrected chi connectivity index (χ1v) is 10.9. The fraction of sp³-hybridized carbons (Fsp3) is 0.360. The zero-order valence-corrected chi connectivity index (χ0v) is 18.7. The fourth-order valence-corrected chi connectivity index (χ4v) is 3.65. The van der Waals surface area contributed by atoms with E-state index in [1.165, 1.54) is 0 Å². The maximum absolute atomic E-state index is 12.6. The highest BCUT2D eigenvalue weighted by molar-refractivity contribution is 5.83. The number of benzene rings is 2. The Balaban J connectivity index is 1.76. The number of hydrogen-bond donors (Lipinski definition) is 1. The highest BCUT2D eigenvalue weighted by Gasteiger charge is 2.16. The van der Waals surface area contributed by atoms with Crippen LogP contribution >= 0.6 is 0 Å². The van der Waals surface area contributed by atoms with Gasteiger partial charge in [0.1, 0.15) is 12.3 Å². The molecule has 0 saturated heterocycles. The van der Waals surface area contributed by atoms with Crippen LogP contribution in [0.15, 0.2) is 60.8 Å². The summed E-state index contributed by atoms with van der Waals surface area (Å²) < 4.78 is 7.06. The molecule has 0 aliphatic rings. The molecule has 0 spiro atoms. The number of methoxy groups -OCH3 is 1. The molecule has 6 heteroatoms. The van der Waals surface area contributed by atoms with Crippen molar-refractivity contribution in [3.8, 4) is 28.1 Å².